The van der Waals surface area contributed by atoms with Crippen LogP contribution in [0.5, 0.6) is 17.2 Å². The first-order valence-electron chi connectivity index (χ1n) is 5.35. The van der Waals surface area contributed by atoms with Crippen molar-refractivity contribution in [2.24, 2.45) is 0 Å². The molecule has 0 aliphatic rings. The average molecular weight is 248 g/mol. The summed E-state index contributed by atoms with van der Waals surface area (Å²) < 4.78 is 23.5. The number of phenolic OH excluding ortho intramolecular Hbond substituents is 1. The predicted molar refractivity (Wildman–Crippen MR) is 66.6 cm³/mol. The van der Waals surface area contributed by atoms with E-state index in [4.69, 9.17) is 9.47 Å². The van der Waals surface area contributed by atoms with Crippen LogP contribution in [0.15, 0.2) is 36.4 Å². The molecule has 0 atom stereocenters. The number of hydrogen-bond acceptors (Lipinski definition) is 3. The summed E-state index contributed by atoms with van der Waals surface area (Å²) in [4.78, 5) is 0. The minimum Gasteiger partial charge on any atom is -0.508 e. The number of phenols is 1. The van der Waals surface area contributed by atoms with Crippen LogP contribution in [-0.4, -0.2) is 19.3 Å². The Kier molecular flexibility index (Phi) is 3.37. The van der Waals surface area contributed by atoms with Crippen LogP contribution in [0.25, 0.3) is 11.1 Å². The number of ether oxygens (including phenoxy) is 2. The van der Waals surface area contributed by atoms with E-state index in [9.17, 15) is 9.50 Å². The van der Waals surface area contributed by atoms with Crippen molar-refractivity contribution in [3.8, 4) is 28.4 Å². The van der Waals surface area contributed by atoms with Gasteiger partial charge in [0.1, 0.15) is 23.1 Å². The summed E-state index contributed by atoms with van der Waals surface area (Å²) in [6.07, 6.45) is 0. The summed E-state index contributed by atoms with van der Waals surface area (Å²) in [6, 6.07) is 9.10. The number of aromatic hydroxyl groups is 1. The number of halogens is 1. The van der Waals surface area contributed by atoms with Crippen LogP contribution in [0.1, 0.15) is 0 Å². The maximum atomic E-state index is 13.3. The van der Waals surface area contributed by atoms with E-state index >= 15 is 0 Å². The second kappa shape index (κ2) is 4.96. The molecule has 0 amide bonds. The minimum atomic E-state index is -0.494. The van der Waals surface area contributed by atoms with Crippen LogP contribution >= 0.6 is 0 Å². The van der Waals surface area contributed by atoms with Crippen LogP contribution in [0.2, 0.25) is 0 Å². The molecule has 4 heteroatoms. The van der Waals surface area contributed by atoms with Gasteiger partial charge in [0.25, 0.3) is 0 Å². The topological polar surface area (TPSA) is 38.7 Å². The van der Waals surface area contributed by atoms with Gasteiger partial charge in [0.05, 0.1) is 14.2 Å². The average Bonchev–Trinajstić information content (AvgIpc) is 2.37. The normalized spacial score (nSPS) is 10.2. The Morgan fingerprint density at radius 1 is 0.833 bits per heavy atom. The fraction of sp³-hybridized carbons (Fsp3) is 0.143. The highest BCUT2D eigenvalue weighted by Crippen LogP contribution is 2.31. The number of methoxy groups -OCH3 is 2. The highest BCUT2D eigenvalue weighted by atomic mass is 19.1. The molecule has 0 bridgehead atoms. The van der Waals surface area contributed by atoms with E-state index in [1.807, 2.05) is 0 Å². The van der Waals surface area contributed by atoms with E-state index in [2.05, 4.69) is 0 Å². The Hall–Kier alpha value is -2.23. The van der Waals surface area contributed by atoms with Crippen molar-refractivity contribution >= 4 is 0 Å². The van der Waals surface area contributed by atoms with E-state index in [1.54, 1.807) is 32.4 Å². The Balaban J connectivity index is 2.55. The molecule has 2 rings (SSSR count). The van der Waals surface area contributed by atoms with Crippen LogP contribution in [0.3, 0.4) is 0 Å². The molecule has 0 aliphatic heterocycles. The molecular weight excluding hydrogens is 235 g/mol. The van der Waals surface area contributed by atoms with Crippen molar-refractivity contribution in [2.45, 2.75) is 0 Å². The molecule has 0 saturated heterocycles. The van der Waals surface area contributed by atoms with Crippen LogP contribution < -0.4 is 9.47 Å². The zero-order valence-corrected chi connectivity index (χ0v) is 10.1. The number of rotatable bonds is 3. The first kappa shape index (κ1) is 12.2. The molecule has 3 nitrogen and oxygen atoms in total. The molecule has 0 radical (unpaired) electrons. The van der Waals surface area contributed by atoms with Gasteiger partial charge in [-0.25, -0.2) is 4.39 Å². The van der Waals surface area contributed by atoms with Crippen LogP contribution in [-0.2, 0) is 0 Å². The van der Waals surface area contributed by atoms with Gasteiger partial charge < -0.3 is 14.6 Å². The molecule has 0 aromatic heterocycles. The highest BCUT2D eigenvalue weighted by molar-refractivity contribution is 5.68. The fourth-order valence-electron chi connectivity index (χ4n) is 1.71. The second-order valence-corrected chi connectivity index (χ2v) is 3.80. The maximum Gasteiger partial charge on any atom is 0.127 e. The third kappa shape index (κ3) is 2.53. The molecule has 0 spiro atoms. The molecule has 0 saturated carbocycles. The quantitative estimate of drug-likeness (QED) is 0.906. The van der Waals surface area contributed by atoms with Crippen molar-refractivity contribution in [2.75, 3.05) is 14.2 Å². The molecule has 2 aromatic carbocycles. The zero-order chi connectivity index (χ0) is 13.1. The van der Waals surface area contributed by atoms with Crippen molar-refractivity contribution in [3.63, 3.8) is 0 Å². The zero-order valence-electron chi connectivity index (χ0n) is 10.1. The van der Waals surface area contributed by atoms with Crippen molar-refractivity contribution in [1.82, 2.24) is 0 Å². The molecule has 0 fully saturated rings. The lowest BCUT2D eigenvalue weighted by Crippen LogP contribution is -1.89. The maximum absolute atomic E-state index is 13.3. The third-order valence-electron chi connectivity index (χ3n) is 2.57. The largest absolute Gasteiger partial charge is 0.508 e. The second-order valence-electron chi connectivity index (χ2n) is 3.80. The molecular formula is C14H13FO3. The van der Waals surface area contributed by atoms with E-state index in [0.29, 0.717) is 22.6 Å². The van der Waals surface area contributed by atoms with Gasteiger partial charge in [-0.1, -0.05) is 0 Å². The van der Waals surface area contributed by atoms with Crippen LogP contribution in [0.4, 0.5) is 4.39 Å². The van der Waals surface area contributed by atoms with Crippen LogP contribution in [0, 0.1) is 5.82 Å². The van der Waals surface area contributed by atoms with Gasteiger partial charge in [0.2, 0.25) is 0 Å². The lowest BCUT2D eigenvalue weighted by molar-refractivity contribution is 0.394. The first-order chi connectivity index (χ1) is 8.62. The first-order valence-corrected chi connectivity index (χ1v) is 5.35. The standard InChI is InChI=1S/C14H13FO3/c1-17-13-5-10(6-14(8-13)18-2)9-3-11(15)7-12(16)4-9/h3-8,16H,1-2H3. The lowest BCUT2D eigenvalue weighted by Gasteiger charge is -2.09. The monoisotopic (exact) mass is 248 g/mol. The molecule has 94 valence electrons. The van der Waals surface area contributed by atoms with Gasteiger partial charge in [-0.05, 0) is 35.4 Å². The van der Waals surface area contributed by atoms with Gasteiger partial charge >= 0.3 is 0 Å². The Morgan fingerprint density at radius 3 is 1.89 bits per heavy atom. The Labute approximate surface area is 104 Å². The van der Waals surface area contributed by atoms with Gasteiger partial charge in [-0.15, -0.1) is 0 Å². The Bertz CT molecular complexity index is 524. The Morgan fingerprint density at radius 2 is 1.39 bits per heavy atom. The highest BCUT2D eigenvalue weighted by Gasteiger charge is 2.07. The van der Waals surface area contributed by atoms with Gasteiger partial charge in [-0.3, -0.25) is 0 Å². The summed E-state index contributed by atoms with van der Waals surface area (Å²) in [7, 11) is 3.09. The molecule has 18 heavy (non-hydrogen) atoms. The molecule has 0 unspecified atom stereocenters. The van der Waals surface area contributed by atoms with Gasteiger partial charge in [0, 0.05) is 12.1 Å². The summed E-state index contributed by atoms with van der Waals surface area (Å²) in [5, 5.41) is 9.41. The third-order valence-corrected chi connectivity index (χ3v) is 2.57. The smallest absolute Gasteiger partial charge is 0.127 e. The van der Waals surface area contributed by atoms with Gasteiger partial charge in [0.15, 0.2) is 0 Å². The summed E-state index contributed by atoms with van der Waals surface area (Å²) in [5.74, 6) is 0.597. The summed E-state index contributed by atoms with van der Waals surface area (Å²) in [6.45, 7) is 0. The van der Waals surface area contributed by atoms with E-state index in [1.165, 1.54) is 12.1 Å². The van der Waals surface area contributed by atoms with E-state index in [0.717, 1.165) is 6.07 Å². The number of benzene rings is 2. The summed E-state index contributed by atoms with van der Waals surface area (Å²) in [5.41, 5.74) is 1.27. The van der Waals surface area contributed by atoms with E-state index < -0.39 is 5.82 Å². The van der Waals surface area contributed by atoms with Gasteiger partial charge in [-0.2, -0.15) is 0 Å². The molecule has 0 aliphatic carbocycles. The SMILES string of the molecule is COc1cc(OC)cc(-c2cc(O)cc(F)c2)c1. The van der Waals surface area contributed by atoms with E-state index in [-0.39, 0.29) is 5.75 Å². The fourth-order valence-corrected chi connectivity index (χ4v) is 1.71. The molecule has 1 N–H and O–H groups in total. The number of hydrogen-bond donors (Lipinski definition) is 1. The van der Waals surface area contributed by atoms with Crippen molar-refractivity contribution in [3.05, 3.63) is 42.2 Å². The predicted octanol–water partition coefficient (Wildman–Crippen LogP) is 3.22. The van der Waals surface area contributed by atoms with Crippen molar-refractivity contribution in [1.29, 1.82) is 0 Å². The summed E-state index contributed by atoms with van der Waals surface area (Å²) >= 11 is 0. The molecule has 2 aromatic rings. The van der Waals surface area contributed by atoms with Crippen molar-refractivity contribution < 1.29 is 19.0 Å². The lowest BCUT2D eigenvalue weighted by atomic mass is 10.0. The minimum absolute atomic E-state index is 0.119. The molecule has 0 heterocycles.